The number of aryl methyl sites for hydroxylation is 1. The van der Waals surface area contributed by atoms with Crippen molar-refractivity contribution in [3.8, 4) is 0 Å². The number of carbonyl (C=O) groups excluding carboxylic acids is 1. The molecule has 1 saturated heterocycles. The fourth-order valence-corrected chi connectivity index (χ4v) is 3.95. The Kier molecular flexibility index (Phi) is 4.38. The number of nitrogens with zero attached hydrogens (tertiary/aromatic N) is 4. The van der Waals surface area contributed by atoms with E-state index < -0.39 is 0 Å². The summed E-state index contributed by atoms with van der Waals surface area (Å²) in [5.41, 5.74) is 2.68. The van der Waals surface area contributed by atoms with Gasteiger partial charge in [-0.25, -0.2) is 9.97 Å². The average molecular weight is 336 g/mol. The molecule has 4 rings (SSSR count). The second kappa shape index (κ2) is 6.82. The van der Waals surface area contributed by atoms with Gasteiger partial charge in [-0.2, -0.15) is 0 Å². The topological polar surface area (TPSA) is 49.3 Å². The van der Waals surface area contributed by atoms with Gasteiger partial charge in [0.05, 0.1) is 5.92 Å². The zero-order chi connectivity index (χ0) is 17.2. The molecular weight excluding hydrogens is 312 g/mol. The molecule has 1 unspecified atom stereocenters. The molecule has 0 bridgehead atoms. The minimum absolute atomic E-state index is 0.0642. The lowest BCUT2D eigenvalue weighted by atomic mass is 9.94. The Morgan fingerprint density at radius 2 is 2.00 bits per heavy atom. The maximum absolute atomic E-state index is 13.1. The van der Waals surface area contributed by atoms with Crippen molar-refractivity contribution in [3.05, 3.63) is 53.5 Å². The number of aromatic nitrogens is 2. The van der Waals surface area contributed by atoms with E-state index in [4.69, 9.17) is 0 Å². The number of carbonyl (C=O) groups is 1. The molecule has 2 aliphatic heterocycles. The first-order valence-electron chi connectivity index (χ1n) is 9.11. The molecule has 1 aromatic heterocycles. The predicted octanol–water partition coefficient (Wildman–Crippen LogP) is 2.59. The Morgan fingerprint density at radius 1 is 1.16 bits per heavy atom. The zero-order valence-corrected chi connectivity index (χ0v) is 14.7. The van der Waals surface area contributed by atoms with Crippen LogP contribution in [0.1, 0.15) is 29.8 Å². The molecule has 0 aliphatic carbocycles. The lowest BCUT2D eigenvalue weighted by Crippen LogP contribution is -2.46. The van der Waals surface area contributed by atoms with Crippen LogP contribution in [0.3, 0.4) is 0 Å². The van der Waals surface area contributed by atoms with Crippen LogP contribution in [0.2, 0.25) is 0 Å². The lowest BCUT2D eigenvalue weighted by Gasteiger charge is -2.37. The van der Waals surface area contributed by atoms with Crippen molar-refractivity contribution in [2.24, 2.45) is 5.92 Å². The summed E-state index contributed by atoms with van der Waals surface area (Å²) >= 11 is 0. The van der Waals surface area contributed by atoms with Crippen molar-refractivity contribution in [1.29, 1.82) is 0 Å². The van der Waals surface area contributed by atoms with Crippen LogP contribution in [-0.4, -0.2) is 40.4 Å². The number of benzene rings is 1. The van der Waals surface area contributed by atoms with Crippen LogP contribution in [-0.2, 0) is 17.8 Å². The highest BCUT2D eigenvalue weighted by Crippen LogP contribution is 2.26. The summed E-state index contributed by atoms with van der Waals surface area (Å²) in [4.78, 5) is 26.0. The zero-order valence-electron chi connectivity index (χ0n) is 14.7. The molecule has 2 aromatic rings. The van der Waals surface area contributed by atoms with Crippen LogP contribution in [0.25, 0.3) is 0 Å². The predicted molar refractivity (Wildman–Crippen MR) is 97.3 cm³/mol. The van der Waals surface area contributed by atoms with Gasteiger partial charge in [0, 0.05) is 32.4 Å². The summed E-state index contributed by atoms with van der Waals surface area (Å²) < 4.78 is 0. The third-order valence-electron chi connectivity index (χ3n) is 5.30. The monoisotopic (exact) mass is 336 g/mol. The fraction of sp³-hybridized carbons (Fsp3) is 0.450. The largest absolute Gasteiger partial charge is 0.356 e. The van der Waals surface area contributed by atoms with Crippen molar-refractivity contribution in [3.63, 3.8) is 0 Å². The number of rotatable bonds is 2. The highest BCUT2D eigenvalue weighted by atomic mass is 16.2. The molecule has 25 heavy (non-hydrogen) atoms. The first kappa shape index (κ1) is 16.1. The van der Waals surface area contributed by atoms with Gasteiger partial charge in [-0.15, -0.1) is 0 Å². The summed E-state index contributed by atoms with van der Waals surface area (Å²) in [6.07, 6.45) is 4.76. The second-order valence-corrected chi connectivity index (χ2v) is 7.03. The lowest BCUT2D eigenvalue weighted by molar-refractivity contribution is -0.136. The van der Waals surface area contributed by atoms with Gasteiger partial charge in [-0.1, -0.05) is 24.3 Å². The van der Waals surface area contributed by atoms with Crippen molar-refractivity contribution >= 4 is 11.7 Å². The van der Waals surface area contributed by atoms with Crippen molar-refractivity contribution < 1.29 is 4.79 Å². The van der Waals surface area contributed by atoms with Crippen molar-refractivity contribution in [2.45, 2.75) is 32.7 Å². The SMILES string of the molecule is Cc1nccc(N2CCCC(C(=O)N3CCc4ccccc4C3)C2)n1. The van der Waals surface area contributed by atoms with Gasteiger partial charge < -0.3 is 9.80 Å². The highest BCUT2D eigenvalue weighted by Gasteiger charge is 2.31. The number of hydrogen-bond donors (Lipinski definition) is 0. The van der Waals surface area contributed by atoms with E-state index in [1.54, 1.807) is 6.20 Å². The molecule has 5 heteroatoms. The molecule has 0 radical (unpaired) electrons. The smallest absolute Gasteiger partial charge is 0.227 e. The van der Waals surface area contributed by atoms with E-state index in [2.05, 4.69) is 39.1 Å². The van der Waals surface area contributed by atoms with Crippen molar-refractivity contribution in [1.82, 2.24) is 14.9 Å². The van der Waals surface area contributed by atoms with Gasteiger partial charge in [-0.3, -0.25) is 4.79 Å². The Morgan fingerprint density at radius 3 is 2.84 bits per heavy atom. The molecule has 0 spiro atoms. The standard InChI is InChI=1S/C20H24N4O/c1-15-21-10-8-19(22-15)23-11-4-7-18(14-23)20(25)24-12-9-16-5-2-3-6-17(16)13-24/h2-3,5-6,8,10,18H,4,7,9,11-14H2,1H3. The van der Waals surface area contributed by atoms with E-state index in [0.717, 1.165) is 57.1 Å². The van der Waals surface area contributed by atoms with Crippen LogP contribution in [0.5, 0.6) is 0 Å². The van der Waals surface area contributed by atoms with E-state index in [-0.39, 0.29) is 5.92 Å². The quantitative estimate of drug-likeness (QED) is 0.846. The van der Waals surface area contributed by atoms with Crippen LogP contribution in [0, 0.1) is 12.8 Å². The molecule has 0 N–H and O–H groups in total. The molecule has 1 fully saturated rings. The third-order valence-corrected chi connectivity index (χ3v) is 5.30. The Balaban J connectivity index is 1.45. The third kappa shape index (κ3) is 3.36. The molecule has 2 aliphatic rings. The molecule has 130 valence electrons. The van der Waals surface area contributed by atoms with Gasteiger partial charge in [0.1, 0.15) is 11.6 Å². The Hall–Kier alpha value is -2.43. The number of piperidine rings is 1. The van der Waals surface area contributed by atoms with E-state index in [1.165, 1.54) is 11.1 Å². The van der Waals surface area contributed by atoms with Crippen molar-refractivity contribution in [2.75, 3.05) is 24.5 Å². The Labute approximate surface area is 148 Å². The Bertz CT molecular complexity index is 776. The first-order valence-corrected chi connectivity index (χ1v) is 9.11. The van der Waals surface area contributed by atoms with Gasteiger partial charge in [-0.05, 0) is 43.4 Å². The van der Waals surface area contributed by atoms with Gasteiger partial charge in [0.2, 0.25) is 5.91 Å². The number of anilines is 1. The van der Waals surface area contributed by atoms with E-state index in [9.17, 15) is 4.79 Å². The first-order chi connectivity index (χ1) is 12.2. The molecular formula is C20H24N4O. The van der Waals surface area contributed by atoms with E-state index in [1.807, 2.05) is 17.9 Å². The molecule has 0 saturated carbocycles. The normalized spacial score (nSPS) is 20.3. The van der Waals surface area contributed by atoms with Gasteiger partial charge in [0.15, 0.2) is 0 Å². The number of amides is 1. The average Bonchev–Trinajstić information content (AvgIpc) is 2.67. The molecule has 3 heterocycles. The molecule has 5 nitrogen and oxygen atoms in total. The summed E-state index contributed by atoms with van der Waals surface area (Å²) in [6, 6.07) is 10.4. The van der Waals surface area contributed by atoms with Gasteiger partial charge >= 0.3 is 0 Å². The van der Waals surface area contributed by atoms with Crippen LogP contribution >= 0.6 is 0 Å². The van der Waals surface area contributed by atoms with E-state index in [0.29, 0.717) is 5.91 Å². The summed E-state index contributed by atoms with van der Waals surface area (Å²) in [5.74, 6) is 2.08. The molecule has 1 aromatic carbocycles. The van der Waals surface area contributed by atoms with Gasteiger partial charge in [0.25, 0.3) is 0 Å². The summed E-state index contributed by atoms with van der Waals surface area (Å²) in [5, 5.41) is 0. The fourth-order valence-electron chi connectivity index (χ4n) is 3.95. The molecule has 1 amide bonds. The number of hydrogen-bond acceptors (Lipinski definition) is 4. The minimum Gasteiger partial charge on any atom is -0.356 e. The maximum atomic E-state index is 13.1. The number of fused-ring (bicyclic) bond motifs is 1. The van der Waals surface area contributed by atoms with E-state index >= 15 is 0 Å². The highest BCUT2D eigenvalue weighted by molar-refractivity contribution is 5.80. The maximum Gasteiger partial charge on any atom is 0.227 e. The van der Waals surface area contributed by atoms with Crippen LogP contribution < -0.4 is 4.90 Å². The van der Waals surface area contributed by atoms with Crippen LogP contribution in [0.15, 0.2) is 36.5 Å². The summed E-state index contributed by atoms with van der Waals surface area (Å²) in [6.45, 7) is 5.20. The van der Waals surface area contributed by atoms with Crippen LogP contribution in [0.4, 0.5) is 5.82 Å². The second-order valence-electron chi connectivity index (χ2n) is 7.03. The molecule has 1 atom stereocenters. The minimum atomic E-state index is 0.0642. The summed E-state index contributed by atoms with van der Waals surface area (Å²) in [7, 11) is 0.